The molecule has 2 nitrogen and oxygen atoms in total. The minimum absolute atomic E-state index is 0.160. The van der Waals surface area contributed by atoms with Gasteiger partial charge in [-0.1, -0.05) is 35.8 Å². The molecule has 0 saturated carbocycles. The molecule has 0 amide bonds. The Kier molecular flexibility index (Phi) is 4.46. The number of rotatable bonds is 5. The van der Waals surface area contributed by atoms with Gasteiger partial charge in [-0.2, -0.15) is 0 Å². The van der Waals surface area contributed by atoms with Crippen LogP contribution in [0.4, 0.5) is 0 Å². The molecule has 0 heterocycles. The number of aliphatic hydroxyl groups excluding tert-OH is 1. The first-order chi connectivity index (χ1) is 8.52. The molecule has 1 unspecified atom stereocenters. The third kappa shape index (κ3) is 3.34. The van der Waals surface area contributed by atoms with Crippen LogP contribution in [-0.2, 0) is 6.42 Å². The molecule has 0 saturated heterocycles. The SMILES string of the molecule is CC(C)(CCO)CNC1CCc2cc(Br)ccc21. The lowest BCUT2D eigenvalue weighted by atomic mass is 9.89. The van der Waals surface area contributed by atoms with Crippen molar-refractivity contribution in [2.45, 2.75) is 39.2 Å². The van der Waals surface area contributed by atoms with Crippen LogP contribution in [0, 0.1) is 5.41 Å². The number of halogens is 1. The molecule has 2 N–H and O–H groups in total. The maximum Gasteiger partial charge on any atom is 0.0436 e. The van der Waals surface area contributed by atoms with E-state index in [0.717, 1.165) is 19.4 Å². The largest absolute Gasteiger partial charge is 0.396 e. The van der Waals surface area contributed by atoms with Gasteiger partial charge in [0.1, 0.15) is 0 Å². The summed E-state index contributed by atoms with van der Waals surface area (Å²) in [7, 11) is 0. The van der Waals surface area contributed by atoms with Gasteiger partial charge in [0.2, 0.25) is 0 Å². The fraction of sp³-hybridized carbons (Fsp3) is 0.600. The minimum atomic E-state index is 0.160. The van der Waals surface area contributed by atoms with E-state index in [4.69, 9.17) is 5.11 Å². The van der Waals surface area contributed by atoms with Gasteiger partial charge < -0.3 is 10.4 Å². The van der Waals surface area contributed by atoms with E-state index in [1.54, 1.807) is 0 Å². The maximum atomic E-state index is 9.05. The van der Waals surface area contributed by atoms with Gasteiger partial charge in [-0.05, 0) is 47.9 Å². The summed E-state index contributed by atoms with van der Waals surface area (Å²) in [6.07, 6.45) is 3.19. The second-order valence-electron chi connectivity index (χ2n) is 5.95. The fourth-order valence-corrected chi connectivity index (χ4v) is 3.00. The van der Waals surface area contributed by atoms with Crippen molar-refractivity contribution in [3.05, 3.63) is 33.8 Å². The Morgan fingerprint density at radius 2 is 2.22 bits per heavy atom. The highest BCUT2D eigenvalue weighted by Gasteiger charge is 2.25. The molecule has 1 atom stereocenters. The summed E-state index contributed by atoms with van der Waals surface area (Å²) >= 11 is 3.53. The summed E-state index contributed by atoms with van der Waals surface area (Å²) in [4.78, 5) is 0. The second kappa shape index (κ2) is 5.72. The molecule has 1 aliphatic rings. The molecule has 0 bridgehead atoms. The van der Waals surface area contributed by atoms with Crippen molar-refractivity contribution >= 4 is 15.9 Å². The lowest BCUT2D eigenvalue weighted by Gasteiger charge is -2.26. The van der Waals surface area contributed by atoms with Crippen molar-refractivity contribution in [1.82, 2.24) is 5.32 Å². The van der Waals surface area contributed by atoms with E-state index < -0.39 is 0 Å². The zero-order valence-electron chi connectivity index (χ0n) is 11.2. The topological polar surface area (TPSA) is 32.3 Å². The van der Waals surface area contributed by atoms with E-state index >= 15 is 0 Å². The van der Waals surface area contributed by atoms with Crippen LogP contribution in [0.2, 0.25) is 0 Å². The molecule has 100 valence electrons. The molecule has 1 aromatic carbocycles. The molecule has 0 radical (unpaired) electrons. The number of hydrogen-bond donors (Lipinski definition) is 2. The van der Waals surface area contributed by atoms with E-state index in [2.05, 4.69) is 53.3 Å². The van der Waals surface area contributed by atoms with Crippen LogP contribution in [0.25, 0.3) is 0 Å². The van der Waals surface area contributed by atoms with E-state index in [-0.39, 0.29) is 12.0 Å². The van der Waals surface area contributed by atoms with Crippen LogP contribution in [0.15, 0.2) is 22.7 Å². The minimum Gasteiger partial charge on any atom is -0.396 e. The zero-order valence-corrected chi connectivity index (χ0v) is 12.8. The summed E-state index contributed by atoms with van der Waals surface area (Å²) in [5.41, 5.74) is 3.06. The van der Waals surface area contributed by atoms with Crippen molar-refractivity contribution in [3.8, 4) is 0 Å². The Labute approximate surface area is 118 Å². The first-order valence-corrected chi connectivity index (χ1v) is 7.44. The van der Waals surface area contributed by atoms with Crippen LogP contribution < -0.4 is 5.32 Å². The van der Waals surface area contributed by atoms with Crippen LogP contribution >= 0.6 is 15.9 Å². The standard InChI is InChI=1S/C15H22BrNO/c1-15(2,7-8-18)10-17-14-6-3-11-9-12(16)4-5-13(11)14/h4-5,9,14,17-18H,3,6-8,10H2,1-2H3. The fourth-order valence-electron chi connectivity index (χ4n) is 2.59. The molecule has 0 aromatic heterocycles. The molecule has 18 heavy (non-hydrogen) atoms. The Bertz CT molecular complexity index is 417. The Hall–Kier alpha value is -0.380. The zero-order chi connectivity index (χ0) is 13.2. The molecular weight excluding hydrogens is 290 g/mol. The normalized spacial score (nSPS) is 19.0. The number of benzene rings is 1. The van der Waals surface area contributed by atoms with Gasteiger partial charge in [0.15, 0.2) is 0 Å². The Balaban J connectivity index is 1.98. The highest BCUT2D eigenvalue weighted by molar-refractivity contribution is 9.10. The Morgan fingerprint density at radius 1 is 1.44 bits per heavy atom. The number of nitrogens with one attached hydrogen (secondary N) is 1. The summed E-state index contributed by atoms with van der Waals surface area (Å²) in [6, 6.07) is 7.06. The number of aliphatic hydroxyl groups is 1. The third-order valence-electron chi connectivity index (χ3n) is 3.80. The summed E-state index contributed by atoms with van der Waals surface area (Å²) in [6.45, 7) is 5.62. The van der Waals surface area contributed by atoms with Crippen molar-refractivity contribution in [3.63, 3.8) is 0 Å². The molecule has 0 spiro atoms. The summed E-state index contributed by atoms with van der Waals surface area (Å²) < 4.78 is 1.17. The first kappa shape index (κ1) is 14.0. The van der Waals surface area contributed by atoms with Crippen molar-refractivity contribution in [2.24, 2.45) is 5.41 Å². The highest BCUT2D eigenvalue weighted by atomic mass is 79.9. The molecular formula is C15H22BrNO. The van der Waals surface area contributed by atoms with Gasteiger partial charge in [-0.25, -0.2) is 0 Å². The monoisotopic (exact) mass is 311 g/mol. The van der Waals surface area contributed by atoms with Crippen LogP contribution in [0.5, 0.6) is 0 Å². The van der Waals surface area contributed by atoms with Crippen LogP contribution in [0.3, 0.4) is 0 Å². The smallest absolute Gasteiger partial charge is 0.0436 e. The van der Waals surface area contributed by atoms with E-state index in [1.807, 2.05) is 0 Å². The first-order valence-electron chi connectivity index (χ1n) is 6.64. The number of fused-ring (bicyclic) bond motifs is 1. The molecule has 1 aromatic rings. The maximum absolute atomic E-state index is 9.05. The van der Waals surface area contributed by atoms with Crippen molar-refractivity contribution in [1.29, 1.82) is 0 Å². The molecule has 1 aliphatic carbocycles. The predicted molar refractivity (Wildman–Crippen MR) is 78.7 cm³/mol. The van der Waals surface area contributed by atoms with Crippen LogP contribution in [0.1, 0.15) is 43.9 Å². The number of hydrogen-bond acceptors (Lipinski definition) is 2. The lowest BCUT2D eigenvalue weighted by molar-refractivity contribution is 0.202. The predicted octanol–water partition coefficient (Wildman–Crippen LogP) is 3.43. The van der Waals surface area contributed by atoms with E-state index in [9.17, 15) is 0 Å². The quantitative estimate of drug-likeness (QED) is 0.873. The molecule has 0 fully saturated rings. The number of aryl methyl sites for hydroxylation is 1. The van der Waals surface area contributed by atoms with Crippen LogP contribution in [-0.4, -0.2) is 18.3 Å². The van der Waals surface area contributed by atoms with Gasteiger partial charge in [-0.3, -0.25) is 0 Å². The van der Waals surface area contributed by atoms with E-state index in [0.29, 0.717) is 6.04 Å². The molecule has 2 rings (SSSR count). The van der Waals surface area contributed by atoms with Gasteiger partial charge in [-0.15, -0.1) is 0 Å². The lowest BCUT2D eigenvalue weighted by Crippen LogP contribution is -2.32. The Morgan fingerprint density at radius 3 is 2.94 bits per heavy atom. The third-order valence-corrected chi connectivity index (χ3v) is 4.29. The van der Waals surface area contributed by atoms with Gasteiger partial charge in [0, 0.05) is 23.7 Å². The average Bonchev–Trinajstić information content (AvgIpc) is 2.68. The van der Waals surface area contributed by atoms with E-state index in [1.165, 1.54) is 22.0 Å². The average molecular weight is 312 g/mol. The van der Waals surface area contributed by atoms with Gasteiger partial charge in [0.05, 0.1) is 0 Å². The molecule has 3 heteroatoms. The van der Waals surface area contributed by atoms with Gasteiger partial charge in [0.25, 0.3) is 0 Å². The molecule has 0 aliphatic heterocycles. The van der Waals surface area contributed by atoms with Crippen molar-refractivity contribution in [2.75, 3.05) is 13.2 Å². The summed E-state index contributed by atoms with van der Waals surface area (Å²) in [5, 5.41) is 12.7. The van der Waals surface area contributed by atoms with Crippen molar-refractivity contribution < 1.29 is 5.11 Å². The summed E-state index contributed by atoms with van der Waals surface area (Å²) in [5.74, 6) is 0. The van der Waals surface area contributed by atoms with Gasteiger partial charge >= 0.3 is 0 Å². The highest BCUT2D eigenvalue weighted by Crippen LogP contribution is 2.33. The second-order valence-corrected chi connectivity index (χ2v) is 6.87.